The highest BCUT2D eigenvalue weighted by Gasteiger charge is 2.39. The first-order valence-corrected chi connectivity index (χ1v) is 19.4. The number of methoxy groups -OCH3 is 1. The van der Waals surface area contributed by atoms with Crippen molar-refractivity contribution >= 4 is 23.9 Å². The van der Waals surface area contributed by atoms with Crippen molar-refractivity contribution in [2.75, 3.05) is 33.3 Å². The van der Waals surface area contributed by atoms with Gasteiger partial charge in [-0.15, -0.1) is 0 Å². The summed E-state index contributed by atoms with van der Waals surface area (Å²) in [6.45, 7) is 10.7. The van der Waals surface area contributed by atoms with Crippen LogP contribution in [0.2, 0.25) is 0 Å². The number of hydrogen-bond acceptors (Lipinski definition) is 9. The Morgan fingerprint density at radius 2 is 1.20 bits per heavy atom. The predicted octanol–water partition coefficient (Wildman–Crippen LogP) is 5.41. The number of carbonyl (C=O) groups is 3. The second kappa shape index (κ2) is 16.4. The van der Waals surface area contributed by atoms with Crippen LogP contribution in [0.25, 0.3) is 33.6 Å². The number of rotatable bonds is 11. The number of H-pyrrole nitrogens is 2. The summed E-state index contributed by atoms with van der Waals surface area (Å²) in [5.74, 6) is 2.20. The Kier molecular flexibility index (Phi) is 11.2. The van der Waals surface area contributed by atoms with E-state index in [1.807, 2.05) is 36.0 Å². The van der Waals surface area contributed by atoms with Crippen molar-refractivity contribution in [2.24, 2.45) is 16.8 Å². The summed E-state index contributed by atoms with van der Waals surface area (Å²) >= 11 is 0. The van der Waals surface area contributed by atoms with Crippen LogP contribution in [-0.4, -0.2) is 99.0 Å². The third-order valence-corrected chi connectivity index (χ3v) is 10.9. The van der Waals surface area contributed by atoms with Crippen molar-refractivity contribution in [3.63, 3.8) is 0 Å². The molecule has 5 N–H and O–H groups in total. The van der Waals surface area contributed by atoms with Crippen LogP contribution >= 0.6 is 0 Å². The van der Waals surface area contributed by atoms with Gasteiger partial charge in [-0.25, -0.2) is 14.8 Å². The average molecular weight is 749 g/mol. The van der Waals surface area contributed by atoms with Gasteiger partial charge in [-0.2, -0.15) is 0 Å². The molecule has 7 rings (SSSR count). The van der Waals surface area contributed by atoms with Gasteiger partial charge in [-0.3, -0.25) is 14.6 Å². The number of ether oxygens (including phenoxy) is 1. The first-order valence-electron chi connectivity index (χ1n) is 19.4. The van der Waals surface area contributed by atoms with E-state index in [9.17, 15) is 14.4 Å². The molecule has 3 aliphatic heterocycles. The fourth-order valence-electron chi connectivity index (χ4n) is 7.83. The lowest BCUT2D eigenvalue weighted by Crippen LogP contribution is -2.53. The number of aliphatic imine (C=N–C) groups is 1. The molecule has 3 aliphatic rings. The van der Waals surface area contributed by atoms with E-state index in [-0.39, 0.29) is 41.8 Å². The molecule has 0 bridgehead atoms. The molecule has 2 aromatic carbocycles. The highest BCUT2D eigenvalue weighted by molar-refractivity contribution is 5.90. The van der Waals surface area contributed by atoms with E-state index in [1.165, 1.54) is 7.11 Å². The quantitative estimate of drug-likeness (QED) is 0.135. The average Bonchev–Trinajstić information content (AvgIpc) is 4.05. The first kappa shape index (κ1) is 37.6. The zero-order valence-electron chi connectivity index (χ0n) is 32.3. The number of aromatic amines is 2. The molecule has 3 amide bonds. The minimum Gasteiger partial charge on any atom is -0.453 e. The van der Waals surface area contributed by atoms with E-state index in [2.05, 4.69) is 98.3 Å². The molecule has 0 spiro atoms. The zero-order valence-corrected chi connectivity index (χ0v) is 32.3. The molecule has 2 fully saturated rings. The fraction of sp³-hybridized carbons (Fsp3) is 0.463. The van der Waals surface area contributed by atoms with E-state index < -0.39 is 12.1 Å². The Hall–Kier alpha value is -5.66. The number of aromatic nitrogens is 4. The number of carbonyl (C=O) groups excluding carboxylic acids is 3. The maximum Gasteiger partial charge on any atom is 0.407 e. The van der Waals surface area contributed by atoms with Gasteiger partial charge in [0.15, 0.2) is 5.96 Å². The Balaban J connectivity index is 0.994. The maximum absolute atomic E-state index is 13.8. The highest BCUT2D eigenvalue weighted by atomic mass is 16.5. The molecule has 4 atom stereocenters. The maximum atomic E-state index is 13.8. The smallest absolute Gasteiger partial charge is 0.407 e. The number of guanidine groups is 1. The lowest BCUT2D eigenvalue weighted by molar-refractivity contribution is -0.136. The molecule has 4 aromatic rings. The Morgan fingerprint density at radius 1 is 0.727 bits per heavy atom. The number of nitrogens with zero attached hydrogens (tertiary/aromatic N) is 5. The summed E-state index contributed by atoms with van der Waals surface area (Å²) in [6, 6.07) is 15.4. The van der Waals surface area contributed by atoms with E-state index >= 15 is 0 Å². The van der Waals surface area contributed by atoms with Crippen molar-refractivity contribution in [3.8, 4) is 33.6 Å². The lowest BCUT2D eigenvalue weighted by Gasteiger charge is -2.30. The van der Waals surface area contributed by atoms with Gasteiger partial charge in [-0.05, 0) is 59.8 Å². The second-order valence-corrected chi connectivity index (χ2v) is 15.3. The fourth-order valence-corrected chi connectivity index (χ4v) is 7.83. The predicted molar refractivity (Wildman–Crippen MR) is 211 cm³/mol. The molecular weight excluding hydrogens is 697 g/mol. The number of imidazole rings is 2. The van der Waals surface area contributed by atoms with E-state index in [0.717, 1.165) is 84.1 Å². The van der Waals surface area contributed by atoms with Crippen LogP contribution in [-0.2, 0) is 14.3 Å². The van der Waals surface area contributed by atoms with Crippen LogP contribution in [0.4, 0.5) is 4.79 Å². The zero-order chi connectivity index (χ0) is 38.6. The standard InChI is InChI=1S/C41H52N10O4/c1-24(2)34(48-40-42-18-19-43-40)38(52)50-20-6-8-32(50)36-44-22-30(46-36)28-14-10-26(11-15-28)27-12-16-29(17-13-27)31-23-45-37(47-31)33-9-7-21-51(33)39(53)35(25(3)4)49-41(54)55-5/h10-17,22-25,32-35H,6-9,18-21H2,1-5H3,(H,44,46)(H,45,47)(H,49,54)(H2,42,43,48)/t32-,33-,34-,35?/m0/s1. The second-order valence-electron chi connectivity index (χ2n) is 15.3. The molecule has 0 aliphatic carbocycles. The van der Waals surface area contributed by atoms with Crippen molar-refractivity contribution in [1.29, 1.82) is 0 Å². The highest BCUT2D eigenvalue weighted by Crippen LogP contribution is 2.35. The summed E-state index contributed by atoms with van der Waals surface area (Å²) in [5, 5.41) is 9.27. The van der Waals surface area contributed by atoms with Gasteiger partial charge in [0.25, 0.3) is 0 Å². The summed E-state index contributed by atoms with van der Waals surface area (Å²) < 4.78 is 4.76. The summed E-state index contributed by atoms with van der Waals surface area (Å²) in [6.07, 6.45) is 6.50. The number of amides is 3. The van der Waals surface area contributed by atoms with Gasteiger partial charge in [-0.1, -0.05) is 76.2 Å². The van der Waals surface area contributed by atoms with Crippen molar-refractivity contribution in [1.82, 2.24) is 45.7 Å². The summed E-state index contributed by atoms with van der Waals surface area (Å²) in [5.41, 5.74) is 5.97. The van der Waals surface area contributed by atoms with Crippen molar-refractivity contribution < 1.29 is 19.1 Å². The summed E-state index contributed by atoms with van der Waals surface area (Å²) in [4.78, 5) is 63.9. The van der Waals surface area contributed by atoms with E-state index in [1.54, 1.807) is 0 Å². The molecule has 14 heteroatoms. The van der Waals surface area contributed by atoms with Gasteiger partial charge in [0.05, 0.1) is 49.5 Å². The molecular formula is C41H52N10O4. The molecule has 55 heavy (non-hydrogen) atoms. The van der Waals surface area contributed by atoms with Crippen molar-refractivity contribution in [2.45, 2.75) is 77.5 Å². The molecule has 0 saturated carbocycles. The van der Waals surface area contributed by atoms with Crippen LogP contribution in [0.1, 0.15) is 77.1 Å². The number of likely N-dealkylation sites (tertiary alicyclic amines) is 2. The van der Waals surface area contributed by atoms with Gasteiger partial charge < -0.3 is 40.5 Å². The lowest BCUT2D eigenvalue weighted by atomic mass is 10.0. The third-order valence-electron chi connectivity index (χ3n) is 10.9. The Labute approximate surface area is 321 Å². The Morgan fingerprint density at radius 3 is 1.64 bits per heavy atom. The molecule has 1 unspecified atom stereocenters. The van der Waals surface area contributed by atoms with Crippen LogP contribution < -0.4 is 16.0 Å². The molecule has 0 radical (unpaired) electrons. The SMILES string of the molecule is COC(=O)NC(C(=O)N1CCC[C@H]1c1ncc(-c2ccc(-c3ccc(-c4cnc([C@@H]5CCCN5C(=O)[C@@H](NC5=NCCN5)C(C)C)[nH]4)cc3)cc2)[nH]1)C(C)C. The van der Waals surface area contributed by atoms with Gasteiger partial charge in [0.1, 0.15) is 23.7 Å². The van der Waals surface area contributed by atoms with Crippen molar-refractivity contribution in [3.05, 3.63) is 72.6 Å². The van der Waals surface area contributed by atoms with E-state index in [4.69, 9.17) is 9.72 Å². The van der Waals surface area contributed by atoms with E-state index in [0.29, 0.717) is 19.0 Å². The molecule has 290 valence electrons. The van der Waals surface area contributed by atoms with Gasteiger partial charge in [0, 0.05) is 19.6 Å². The normalized spacial score (nSPS) is 19.4. The number of nitrogens with one attached hydrogen (secondary N) is 5. The number of hydrogen-bond donors (Lipinski definition) is 5. The largest absolute Gasteiger partial charge is 0.453 e. The molecule has 14 nitrogen and oxygen atoms in total. The number of benzene rings is 2. The molecule has 2 saturated heterocycles. The number of alkyl carbamates (subject to hydrolysis) is 1. The molecule has 5 heterocycles. The van der Waals surface area contributed by atoms with Crippen LogP contribution in [0.5, 0.6) is 0 Å². The van der Waals surface area contributed by atoms with Gasteiger partial charge >= 0.3 is 6.09 Å². The summed E-state index contributed by atoms with van der Waals surface area (Å²) in [7, 11) is 1.30. The van der Waals surface area contributed by atoms with Gasteiger partial charge in [0.2, 0.25) is 11.8 Å². The molecule has 2 aromatic heterocycles. The third kappa shape index (κ3) is 8.08. The minimum absolute atomic E-state index is 0.0776. The monoisotopic (exact) mass is 748 g/mol. The first-order chi connectivity index (χ1) is 26.6. The van der Waals surface area contributed by atoms with Crippen LogP contribution in [0.15, 0.2) is 65.9 Å². The minimum atomic E-state index is -0.678. The van der Waals surface area contributed by atoms with Crippen LogP contribution in [0, 0.1) is 11.8 Å². The Bertz CT molecular complexity index is 2000. The van der Waals surface area contributed by atoms with Crippen LogP contribution in [0.3, 0.4) is 0 Å². The topological polar surface area (TPSA) is 173 Å².